The number of ether oxygens (including phenoxy) is 2. The summed E-state index contributed by atoms with van der Waals surface area (Å²) in [5, 5.41) is 2.77. The number of anilines is 1. The van der Waals surface area contributed by atoms with Gasteiger partial charge in [0.05, 0.1) is 6.26 Å². The van der Waals surface area contributed by atoms with E-state index in [0.29, 0.717) is 36.9 Å². The molecule has 0 bridgehead atoms. The summed E-state index contributed by atoms with van der Waals surface area (Å²) in [4.78, 5) is 12.1. The van der Waals surface area contributed by atoms with E-state index in [0.717, 1.165) is 19.3 Å². The van der Waals surface area contributed by atoms with E-state index < -0.39 is 10.0 Å². The first kappa shape index (κ1) is 19.5. The van der Waals surface area contributed by atoms with E-state index in [2.05, 4.69) is 12.2 Å². The Morgan fingerprint density at radius 1 is 1.16 bits per heavy atom. The zero-order chi connectivity index (χ0) is 18.3. The summed E-state index contributed by atoms with van der Waals surface area (Å²) in [6.07, 6.45) is 4.07. The molecule has 0 radical (unpaired) electrons. The van der Waals surface area contributed by atoms with Crippen molar-refractivity contribution in [1.82, 2.24) is 4.31 Å². The summed E-state index contributed by atoms with van der Waals surface area (Å²) in [5.74, 6) is 1.02. The van der Waals surface area contributed by atoms with E-state index in [1.807, 2.05) is 0 Å². The number of unbranched alkanes of at least 4 members (excludes halogenated alkanes) is 2. The molecule has 0 spiro atoms. The van der Waals surface area contributed by atoms with E-state index in [1.165, 1.54) is 10.6 Å². The van der Waals surface area contributed by atoms with Crippen molar-refractivity contribution in [3.05, 3.63) is 18.2 Å². The summed E-state index contributed by atoms with van der Waals surface area (Å²) >= 11 is 0. The van der Waals surface area contributed by atoms with Crippen molar-refractivity contribution in [2.45, 2.75) is 32.6 Å². The molecule has 1 aromatic rings. The van der Waals surface area contributed by atoms with Crippen LogP contribution in [0.3, 0.4) is 0 Å². The minimum Gasteiger partial charge on any atom is -0.486 e. The molecule has 140 valence electrons. The molecule has 1 amide bonds. The number of nitrogens with zero attached hydrogens (tertiary/aromatic N) is 1. The molecule has 0 aliphatic carbocycles. The fourth-order valence-electron chi connectivity index (χ4n) is 2.55. The van der Waals surface area contributed by atoms with Gasteiger partial charge in [-0.1, -0.05) is 19.8 Å². The zero-order valence-corrected chi connectivity index (χ0v) is 15.6. The Morgan fingerprint density at radius 2 is 1.88 bits per heavy atom. The second kappa shape index (κ2) is 9.05. The third-order valence-corrected chi connectivity index (χ3v) is 5.20. The average Bonchev–Trinajstić information content (AvgIpc) is 2.56. The first-order valence-corrected chi connectivity index (χ1v) is 10.4. The van der Waals surface area contributed by atoms with Crippen molar-refractivity contribution in [3.63, 3.8) is 0 Å². The number of hydrogen-bond donors (Lipinski definition) is 1. The Bertz CT molecular complexity index is 690. The van der Waals surface area contributed by atoms with Gasteiger partial charge in [0.15, 0.2) is 11.5 Å². The Balaban J connectivity index is 1.88. The number of nitrogens with one attached hydrogen (secondary N) is 1. The quantitative estimate of drug-likeness (QED) is 0.674. The van der Waals surface area contributed by atoms with Crippen LogP contribution in [0.15, 0.2) is 18.2 Å². The van der Waals surface area contributed by atoms with Gasteiger partial charge in [0.2, 0.25) is 15.9 Å². The smallest absolute Gasteiger partial charge is 0.225 e. The van der Waals surface area contributed by atoms with E-state index >= 15 is 0 Å². The lowest BCUT2D eigenvalue weighted by Gasteiger charge is -2.20. The molecular weight excluding hydrogens is 344 g/mol. The number of carbonyl (C=O) groups is 1. The van der Waals surface area contributed by atoms with Gasteiger partial charge in [-0.05, 0) is 18.6 Å². The van der Waals surface area contributed by atoms with Gasteiger partial charge in [0.25, 0.3) is 0 Å². The third kappa shape index (κ3) is 6.21. The maximum Gasteiger partial charge on any atom is 0.225 e. The molecule has 0 aromatic heterocycles. The van der Waals surface area contributed by atoms with Crippen LogP contribution in [0.25, 0.3) is 0 Å². The molecule has 25 heavy (non-hydrogen) atoms. The van der Waals surface area contributed by atoms with Gasteiger partial charge in [0.1, 0.15) is 13.2 Å². The Hall–Kier alpha value is -1.80. The lowest BCUT2D eigenvalue weighted by atomic mass is 10.2. The molecule has 0 atom stereocenters. The Labute approximate surface area is 149 Å². The highest BCUT2D eigenvalue weighted by atomic mass is 32.2. The molecule has 0 unspecified atom stereocenters. The maximum atomic E-state index is 12.1. The molecule has 1 aliphatic rings. The molecule has 7 nitrogen and oxygen atoms in total. The number of sulfonamides is 1. The van der Waals surface area contributed by atoms with Crippen LogP contribution < -0.4 is 14.8 Å². The van der Waals surface area contributed by atoms with Gasteiger partial charge in [0, 0.05) is 31.3 Å². The van der Waals surface area contributed by atoms with Crippen LogP contribution in [0.2, 0.25) is 0 Å². The fourth-order valence-corrected chi connectivity index (χ4v) is 3.44. The topological polar surface area (TPSA) is 84.9 Å². The van der Waals surface area contributed by atoms with Crippen molar-refractivity contribution >= 4 is 21.6 Å². The predicted molar refractivity (Wildman–Crippen MR) is 96.6 cm³/mol. The van der Waals surface area contributed by atoms with E-state index in [1.54, 1.807) is 18.2 Å². The number of fused-ring (bicyclic) bond motifs is 1. The lowest BCUT2D eigenvalue weighted by Crippen LogP contribution is -2.33. The molecule has 0 saturated carbocycles. The van der Waals surface area contributed by atoms with Gasteiger partial charge in [-0.2, -0.15) is 0 Å². The summed E-state index contributed by atoms with van der Waals surface area (Å²) < 4.78 is 35.9. The Kier molecular flexibility index (Phi) is 7.07. The van der Waals surface area contributed by atoms with Crippen LogP contribution in [-0.2, 0) is 14.8 Å². The first-order valence-electron chi connectivity index (χ1n) is 8.55. The summed E-state index contributed by atoms with van der Waals surface area (Å²) in [7, 11) is -3.31. The maximum absolute atomic E-state index is 12.1. The highest BCUT2D eigenvalue weighted by molar-refractivity contribution is 7.88. The largest absolute Gasteiger partial charge is 0.486 e. The average molecular weight is 370 g/mol. The Morgan fingerprint density at radius 3 is 2.56 bits per heavy atom. The van der Waals surface area contributed by atoms with Gasteiger partial charge in [-0.25, -0.2) is 12.7 Å². The molecular formula is C17H26N2O5S. The van der Waals surface area contributed by atoms with Crippen molar-refractivity contribution in [2.24, 2.45) is 0 Å². The standard InChI is InChI=1S/C17H26N2O5S/c1-3-4-5-9-19(25(2,21)22)10-8-17(20)18-14-6-7-15-16(13-14)24-12-11-23-15/h6-7,13H,3-5,8-12H2,1-2H3,(H,18,20). The number of hydrogen-bond acceptors (Lipinski definition) is 5. The molecule has 0 fully saturated rings. The van der Waals surface area contributed by atoms with Crippen LogP contribution in [0.4, 0.5) is 5.69 Å². The van der Waals surface area contributed by atoms with Crippen LogP contribution in [0, 0.1) is 0 Å². The molecule has 1 aromatic carbocycles. The molecule has 1 heterocycles. The minimum atomic E-state index is -3.31. The lowest BCUT2D eigenvalue weighted by molar-refractivity contribution is -0.116. The number of rotatable bonds is 9. The highest BCUT2D eigenvalue weighted by Gasteiger charge is 2.18. The zero-order valence-electron chi connectivity index (χ0n) is 14.8. The van der Waals surface area contributed by atoms with Gasteiger partial charge < -0.3 is 14.8 Å². The van der Waals surface area contributed by atoms with Crippen LogP contribution in [0.5, 0.6) is 11.5 Å². The monoisotopic (exact) mass is 370 g/mol. The van der Waals surface area contributed by atoms with E-state index in [-0.39, 0.29) is 18.9 Å². The molecule has 1 aliphatic heterocycles. The number of carbonyl (C=O) groups excluding carboxylic acids is 1. The molecule has 2 rings (SSSR count). The fraction of sp³-hybridized carbons (Fsp3) is 0.588. The van der Waals surface area contributed by atoms with Crippen LogP contribution in [-0.4, -0.2) is 51.2 Å². The van der Waals surface area contributed by atoms with E-state index in [9.17, 15) is 13.2 Å². The first-order chi connectivity index (χ1) is 11.9. The normalized spacial score (nSPS) is 13.7. The number of amides is 1. The highest BCUT2D eigenvalue weighted by Crippen LogP contribution is 2.32. The van der Waals surface area contributed by atoms with Crippen molar-refractivity contribution in [3.8, 4) is 11.5 Å². The molecule has 1 N–H and O–H groups in total. The molecule has 8 heteroatoms. The van der Waals surface area contributed by atoms with Gasteiger partial charge in [-0.15, -0.1) is 0 Å². The summed E-state index contributed by atoms with van der Waals surface area (Å²) in [5.41, 5.74) is 0.603. The predicted octanol–water partition coefficient (Wildman–Crippen LogP) is 2.24. The van der Waals surface area contributed by atoms with Crippen molar-refractivity contribution in [1.29, 1.82) is 0 Å². The van der Waals surface area contributed by atoms with Crippen LogP contribution >= 0.6 is 0 Å². The molecule has 0 saturated heterocycles. The van der Waals surface area contributed by atoms with E-state index in [4.69, 9.17) is 9.47 Å². The van der Waals surface area contributed by atoms with Crippen molar-refractivity contribution < 1.29 is 22.7 Å². The van der Waals surface area contributed by atoms with Gasteiger partial charge in [-0.3, -0.25) is 4.79 Å². The van der Waals surface area contributed by atoms with Crippen LogP contribution in [0.1, 0.15) is 32.6 Å². The number of benzene rings is 1. The third-order valence-electron chi connectivity index (χ3n) is 3.89. The SMILES string of the molecule is CCCCCN(CCC(=O)Nc1ccc2c(c1)OCCO2)S(C)(=O)=O. The second-order valence-electron chi connectivity index (χ2n) is 6.03. The second-order valence-corrected chi connectivity index (χ2v) is 8.01. The summed E-state index contributed by atoms with van der Waals surface area (Å²) in [6.45, 7) is 3.68. The minimum absolute atomic E-state index is 0.105. The summed E-state index contributed by atoms with van der Waals surface area (Å²) in [6, 6.07) is 5.20. The van der Waals surface area contributed by atoms with Crippen molar-refractivity contribution in [2.75, 3.05) is 37.9 Å². The van der Waals surface area contributed by atoms with Gasteiger partial charge >= 0.3 is 0 Å².